The molecule has 23 heavy (non-hydrogen) atoms. The van der Waals surface area contributed by atoms with Gasteiger partial charge in [0.2, 0.25) is 5.91 Å². The molecule has 1 aromatic rings. The molecule has 128 valence electrons. The lowest BCUT2D eigenvalue weighted by molar-refractivity contribution is -0.140. The van der Waals surface area contributed by atoms with Crippen LogP contribution in [0.3, 0.4) is 0 Å². The van der Waals surface area contributed by atoms with E-state index in [4.69, 9.17) is 4.74 Å². The summed E-state index contributed by atoms with van der Waals surface area (Å²) in [7, 11) is 1.70. The fraction of sp³-hybridized carbons (Fsp3) is 0.765. The van der Waals surface area contributed by atoms with Crippen LogP contribution in [0.25, 0.3) is 0 Å². The van der Waals surface area contributed by atoms with Gasteiger partial charge < -0.3 is 9.64 Å². The van der Waals surface area contributed by atoms with Gasteiger partial charge in [0.15, 0.2) is 0 Å². The first-order valence-electron chi connectivity index (χ1n) is 8.59. The van der Waals surface area contributed by atoms with Crippen LogP contribution in [0.4, 0.5) is 0 Å². The molecule has 0 aliphatic carbocycles. The van der Waals surface area contributed by atoms with E-state index >= 15 is 0 Å². The first kappa shape index (κ1) is 16.9. The monoisotopic (exact) mass is 337 g/mol. The van der Waals surface area contributed by atoms with Crippen LogP contribution in [-0.2, 0) is 22.5 Å². The molecule has 0 saturated carbocycles. The zero-order chi connectivity index (χ0) is 16.4. The van der Waals surface area contributed by atoms with Gasteiger partial charge in [0, 0.05) is 44.2 Å². The third-order valence-electron chi connectivity index (χ3n) is 4.99. The van der Waals surface area contributed by atoms with Crippen molar-refractivity contribution in [3.63, 3.8) is 0 Å². The van der Waals surface area contributed by atoms with Crippen LogP contribution in [0.1, 0.15) is 35.3 Å². The van der Waals surface area contributed by atoms with Gasteiger partial charge >= 0.3 is 0 Å². The average molecular weight is 337 g/mol. The van der Waals surface area contributed by atoms with Crippen LogP contribution in [0.15, 0.2) is 0 Å². The number of rotatable bonds is 6. The molecule has 0 aromatic carbocycles. The minimum Gasteiger partial charge on any atom is -0.383 e. The predicted molar refractivity (Wildman–Crippen MR) is 91.6 cm³/mol. The van der Waals surface area contributed by atoms with E-state index in [1.54, 1.807) is 18.4 Å². The maximum absolute atomic E-state index is 12.7. The van der Waals surface area contributed by atoms with E-state index in [2.05, 4.69) is 28.6 Å². The zero-order valence-electron chi connectivity index (χ0n) is 14.4. The lowest BCUT2D eigenvalue weighted by Crippen LogP contribution is -2.49. The summed E-state index contributed by atoms with van der Waals surface area (Å²) in [5.41, 5.74) is 1.23. The topological polar surface area (TPSA) is 45.7 Å². The molecule has 6 heteroatoms. The molecule has 3 saturated heterocycles. The summed E-state index contributed by atoms with van der Waals surface area (Å²) in [5.74, 6) is 0.488. The summed E-state index contributed by atoms with van der Waals surface area (Å²) in [6, 6.07) is 0.343. The Bertz CT molecular complexity index is 560. The molecule has 0 radical (unpaired) electrons. The normalized spacial score (nSPS) is 25.2. The van der Waals surface area contributed by atoms with Gasteiger partial charge in [-0.05, 0) is 26.2 Å². The summed E-state index contributed by atoms with van der Waals surface area (Å²) in [4.78, 5) is 23.2. The van der Waals surface area contributed by atoms with Gasteiger partial charge in [0.25, 0.3) is 0 Å². The minimum absolute atomic E-state index is 0.157. The Morgan fingerprint density at radius 2 is 2.17 bits per heavy atom. The number of piperidine rings is 1. The van der Waals surface area contributed by atoms with Gasteiger partial charge in [0.1, 0.15) is 0 Å². The van der Waals surface area contributed by atoms with Crippen molar-refractivity contribution >= 4 is 17.2 Å². The van der Waals surface area contributed by atoms with Crippen molar-refractivity contribution in [2.75, 3.05) is 33.4 Å². The molecule has 0 spiro atoms. The number of fused-ring (bicyclic) bond motifs is 4. The lowest BCUT2D eigenvalue weighted by Gasteiger charge is -2.35. The van der Waals surface area contributed by atoms with Crippen molar-refractivity contribution in [2.45, 2.75) is 45.7 Å². The SMILES string of the molecule is CCc1nc(C)sc1CN1C[C@H]2CC[C@@H](C1)N(CCOC)C2=O. The Balaban J connectivity index is 1.72. The van der Waals surface area contributed by atoms with Gasteiger partial charge in [-0.3, -0.25) is 9.69 Å². The van der Waals surface area contributed by atoms with E-state index < -0.39 is 0 Å². The highest BCUT2D eigenvalue weighted by Gasteiger charge is 2.40. The molecule has 4 heterocycles. The van der Waals surface area contributed by atoms with E-state index in [0.717, 1.165) is 50.4 Å². The smallest absolute Gasteiger partial charge is 0.227 e. The number of ether oxygens (including phenoxy) is 1. The van der Waals surface area contributed by atoms with E-state index in [9.17, 15) is 4.79 Å². The molecule has 2 atom stereocenters. The van der Waals surface area contributed by atoms with Gasteiger partial charge in [-0.15, -0.1) is 11.3 Å². The highest BCUT2D eigenvalue weighted by Crippen LogP contribution is 2.31. The predicted octanol–water partition coefficient (Wildman–Crippen LogP) is 2.08. The van der Waals surface area contributed by atoms with E-state index in [0.29, 0.717) is 18.6 Å². The van der Waals surface area contributed by atoms with Crippen molar-refractivity contribution in [2.24, 2.45) is 5.92 Å². The van der Waals surface area contributed by atoms with Crippen molar-refractivity contribution in [3.05, 3.63) is 15.6 Å². The van der Waals surface area contributed by atoms with Crippen molar-refractivity contribution in [1.82, 2.24) is 14.8 Å². The summed E-state index contributed by atoms with van der Waals surface area (Å²) in [5, 5.41) is 1.15. The molecule has 3 aliphatic heterocycles. The number of aromatic nitrogens is 1. The van der Waals surface area contributed by atoms with Crippen molar-refractivity contribution < 1.29 is 9.53 Å². The van der Waals surface area contributed by atoms with Gasteiger partial charge in [-0.25, -0.2) is 4.98 Å². The Hall–Kier alpha value is -0.980. The number of hydrogen-bond acceptors (Lipinski definition) is 5. The maximum Gasteiger partial charge on any atom is 0.227 e. The number of hydrogen-bond donors (Lipinski definition) is 0. The molecule has 3 aliphatic rings. The number of amides is 1. The Morgan fingerprint density at radius 1 is 1.35 bits per heavy atom. The lowest BCUT2D eigenvalue weighted by atomic mass is 9.94. The Labute approximate surface area is 142 Å². The first-order chi connectivity index (χ1) is 11.1. The number of thiazole rings is 1. The number of nitrogens with zero attached hydrogens (tertiary/aromatic N) is 3. The van der Waals surface area contributed by atoms with E-state index in [1.807, 2.05) is 0 Å². The molecular formula is C17H27N3O2S. The van der Waals surface area contributed by atoms with Crippen molar-refractivity contribution in [3.8, 4) is 0 Å². The van der Waals surface area contributed by atoms with E-state index in [-0.39, 0.29) is 5.92 Å². The fourth-order valence-corrected chi connectivity index (χ4v) is 4.92. The second-order valence-electron chi connectivity index (χ2n) is 6.60. The molecular weight excluding hydrogens is 310 g/mol. The van der Waals surface area contributed by atoms with Crippen LogP contribution in [0.2, 0.25) is 0 Å². The highest BCUT2D eigenvalue weighted by molar-refractivity contribution is 7.11. The Morgan fingerprint density at radius 3 is 2.91 bits per heavy atom. The number of methoxy groups -OCH3 is 1. The van der Waals surface area contributed by atoms with Crippen molar-refractivity contribution in [1.29, 1.82) is 0 Å². The first-order valence-corrected chi connectivity index (χ1v) is 9.41. The fourth-order valence-electron chi connectivity index (χ4n) is 3.86. The molecule has 5 nitrogen and oxygen atoms in total. The molecule has 0 N–H and O–H groups in total. The van der Waals surface area contributed by atoms with Gasteiger partial charge in [-0.2, -0.15) is 0 Å². The average Bonchev–Trinajstić information content (AvgIpc) is 2.69. The summed E-state index contributed by atoms with van der Waals surface area (Å²) >= 11 is 1.81. The van der Waals surface area contributed by atoms with Gasteiger partial charge in [-0.1, -0.05) is 6.92 Å². The largest absolute Gasteiger partial charge is 0.383 e. The third kappa shape index (κ3) is 3.59. The van der Waals surface area contributed by atoms with E-state index in [1.165, 1.54) is 10.6 Å². The van der Waals surface area contributed by atoms with Crippen LogP contribution >= 0.6 is 11.3 Å². The summed E-state index contributed by atoms with van der Waals surface area (Å²) < 4.78 is 5.18. The second-order valence-corrected chi connectivity index (χ2v) is 7.89. The van der Waals surface area contributed by atoms with Crippen LogP contribution in [0, 0.1) is 12.8 Å². The number of aryl methyl sites for hydroxylation is 2. The maximum atomic E-state index is 12.7. The minimum atomic E-state index is 0.157. The standard InChI is InChI=1S/C17H27N3O2S/c1-4-15-16(23-12(2)18-15)11-19-9-13-5-6-14(10-19)20(17(13)21)7-8-22-3/h13-14H,4-11H2,1-3H3/t13-,14+/m1/s1. The quantitative estimate of drug-likeness (QED) is 0.797. The summed E-state index contributed by atoms with van der Waals surface area (Å²) in [6.45, 7) is 8.40. The van der Waals surface area contributed by atoms with Crippen LogP contribution in [0.5, 0.6) is 0 Å². The molecule has 2 bridgehead atoms. The van der Waals surface area contributed by atoms with Crippen LogP contribution < -0.4 is 0 Å². The number of carbonyl (C=O) groups excluding carboxylic acids is 1. The third-order valence-corrected chi connectivity index (χ3v) is 5.99. The summed E-state index contributed by atoms with van der Waals surface area (Å²) in [6.07, 6.45) is 3.14. The van der Waals surface area contributed by atoms with Crippen LogP contribution in [-0.4, -0.2) is 60.1 Å². The molecule has 4 rings (SSSR count). The molecule has 1 amide bonds. The second kappa shape index (κ2) is 7.28. The molecule has 0 unspecified atom stereocenters. The number of carbonyl (C=O) groups is 1. The zero-order valence-corrected chi connectivity index (χ0v) is 15.2. The highest BCUT2D eigenvalue weighted by atomic mass is 32.1. The Kier molecular flexibility index (Phi) is 5.34. The molecule has 3 fully saturated rings. The van der Waals surface area contributed by atoms with Gasteiger partial charge in [0.05, 0.1) is 23.2 Å². The molecule has 1 aromatic heterocycles.